The minimum atomic E-state index is -0.650. The van der Waals surface area contributed by atoms with Crippen LogP contribution in [0.15, 0.2) is 40.4 Å². The van der Waals surface area contributed by atoms with Crippen LogP contribution in [0, 0.1) is 5.82 Å². The van der Waals surface area contributed by atoms with E-state index in [1.54, 1.807) is 29.1 Å². The molecule has 0 saturated heterocycles. The van der Waals surface area contributed by atoms with Gasteiger partial charge in [0.2, 0.25) is 0 Å². The molecule has 1 aromatic heterocycles. The van der Waals surface area contributed by atoms with Crippen molar-refractivity contribution in [3.8, 4) is 0 Å². The summed E-state index contributed by atoms with van der Waals surface area (Å²) in [7, 11) is 0. The summed E-state index contributed by atoms with van der Waals surface area (Å²) in [5.41, 5.74) is 12.5. The number of aromatic nitrogens is 2. The number of hydrogen-bond donors (Lipinski definition) is 3. The normalized spacial score (nSPS) is 24.9. The number of nitrogens with one attached hydrogen (secondary N) is 1. The number of benzene rings is 1. The fourth-order valence-electron chi connectivity index (χ4n) is 4.35. The van der Waals surface area contributed by atoms with Crippen molar-refractivity contribution in [2.75, 3.05) is 18.4 Å². The number of nitrogens with two attached hydrogens (primary N) is 2. The maximum atomic E-state index is 14.0. The number of carbonyl (C=O) groups is 1. The van der Waals surface area contributed by atoms with Gasteiger partial charge in [0.1, 0.15) is 11.4 Å². The zero-order valence-electron chi connectivity index (χ0n) is 17.7. The second-order valence-corrected chi connectivity index (χ2v) is 8.36. The lowest BCUT2D eigenvalue weighted by Crippen LogP contribution is -2.46. The minimum Gasteiger partial charge on any atom is -0.380 e. The van der Waals surface area contributed by atoms with E-state index in [1.807, 2.05) is 0 Å². The molecule has 4 rings (SSSR count). The van der Waals surface area contributed by atoms with Crippen LogP contribution >= 0.6 is 0 Å². The van der Waals surface area contributed by atoms with Crippen molar-refractivity contribution in [2.45, 2.75) is 50.1 Å². The van der Waals surface area contributed by atoms with Gasteiger partial charge in [-0.1, -0.05) is 12.1 Å². The van der Waals surface area contributed by atoms with Gasteiger partial charge in [0, 0.05) is 37.5 Å². The number of anilines is 1. The number of primary amides is 1. The molecule has 0 radical (unpaired) electrons. The fourth-order valence-corrected chi connectivity index (χ4v) is 4.35. The van der Waals surface area contributed by atoms with Crippen molar-refractivity contribution in [2.24, 2.45) is 21.5 Å². The first-order chi connectivity index (χ1) is 15.4. The molecule has 1 fully saturated rings. The Morgan fingerprint density at radius 3 is 2.69 bits per heavy atom. The molecule has 10 heteroatoms. The molecular formula is C22H27F2N7O. The van der Waals surface area contributed by atoms with E-state index in [-0.39, 0.29) is 29.7 Å². The Bertz CT molecular complexity index is 1050. The van der Waals surface area contributed by atoms with Gasteiger partial charge in [-0.3, -0.25) is 14.5 Å². The van der Waals surface area contributed by atoms with E-state index in [1.165, 1.54) is 6.07 Å². The van der Waals surface area contributed by atoms with Gasteiger partial charge in [-0.2, -0.15) is 9.49 Å². The third-order valence-corrected chi connectivity index (χ3v) is 6.27. The average Bonchev–Trinajstić information content (AvgIpc) is 3.21. The molecule has 0 atom stereocenters. The molecular weight excluding hydrogens is 416 g/mol. The fraction of sp³-hybridized carbons (Fsp3) is 0.455. The van der Waals surface area contributed by atoms with Crippen LogP contribution in [0.1, 0.15) is 48.9 Å². The van der Waals surface area contributed by atoms with Crippen LogP contribution in [0.4, 0.5) is 20.3 Å². The van der Waals surface area contributed by atoms with Gasteiger partial charge in [-0.15, -0.1) is 0 Å². The molecule has 1 aliphatic carbocycles. The van der Waals surface area contributed by atoms with Crippen LogP contribution < -0.4 is 16.8 Å². The van der Waals surface area contributed by atoms with Crippen molar-refractivity contribution in [1.29, 1.82) is 0 Å². The summed E-state index contributed by atoms with van der Waals surface area (Å²) < 4.78 is 29.2. The number of carbonyl (C=O) groups excluding carboxylic acids is 1. The number of hydrogen-bond acceptors (Lipinski definition) is 6. The number of nitrogens with zero attached hydrogens (tertiary/aromatic N) is 4. The molecule has 0 spiro atoms. The summed E-state index contributed by atoms with van der Waals surface area (Å²) in [6, 6.07) is 6.70. The predicted molar refractivity (Wildman–Crippen MR) is 120 cm³/mol. The lowest BCUT2D eigenvalue weighted by atomic mass is 9.79. The molecule has 1 amide bonds. The lowest BCUT2D eigenvalue weighted by molar-refractivity contribution is 0.1000. The summed E-state index contributed by atoms with van der Waals surface area (Å²) in [5, 5.41) is 7.81. The SMILES string of the molecule is NCC1(n2cc(C(N)=O)c(N=C3CCN=C(F)C3)n2)CCC(Nc2ccccc2F)CC1. The second kappa shape index (κ2) is 9.15. The first-order valence-corrected chi connectivity index (χ1v) is 10.8. The van der Waals surface area contributed by atoms with E-state index in [4.69, 9.17) is 11.5 Å². The Morgan fingerprint density at radius 2 is 2.03 bits per heavy atom. The molecule has 32 heavy (non-hydrogen) atoms. The summed E-state index contributed by atoms with van der Waals surface area (Å²) in [6.07, 6.45) is 4.98. The molecule has 170 valence electrons. The molecule has 5 N–H and O–H groups in total. The van der Waals surface area contributed by atoms with Crippen molar-refractivity contribution in [3.63, 3.8) is 0 Å². The number of para-hydroxylation sites is 1. The number of rotatable bonds is 6. The quantitative estimate of drug-likeness (QED) is 0.635. The lowest BCUT2D eigenvalue weighted by Gasteiger charge is -2.40. The topological polar surface area (TPSA) is 124 Å². The van der Waals surface area contributed by atoms with E-state index >= 15 is 0 Å². The third kappa shape index (κ3) is 4.55. The van der Waals surface area contributed by atoms with Gasteiger partial charge >= 0.3 is 0 Å². The van der Waals surface area contributed by atoms with Crippen LogP contribution in [0.2, 0.25) is 0 Å². The standard InChI is InChI=1S/C22H27F2N7O/c23-17-3-1-2-4-18(17)28-14-5-8-22(13-25,9-6-14)31-12-16(20(26)32)21(30-31)29-15-7-10-27-19(24)11-15/h1-4,12,14,28H,5-11,13,25H2,(H2,26,32). The van der Waals surface area contributed by atoms with Crippen molar-refractivity contribution in [3.05, 3.63) is 41.8 Å². The minimum absolute atomic E-state index is 0.0104. The van der Waals surface area contributed by atoms with Gasteiger partial charge < -0.3 is 16.8 Å². The van der Waals surface area contributed by atoms with E-state index in [2.05, 4.69) is 20.4 Å². The van der Waals surface area contributed by atoms with E-state index in [0.717, 1.165) is 12.8 Å². The second-order valence-electron chi connectivity index (χ2n) is 8.36. The van der Waals surface area contributed by atoms with E-state index < -0.39 is 17.4 Å². The Kier molecular flexibility index (Phi) is 6.31. The van der Waals surface area contributed by atoms with E-state index in [0.29, 0.717) is 43.8 Å². The summed E-state index contributed by atoms with van der Waals surface area (Å²) in [5.74, 6) is -1.23. The van der Waals surface area contributed by atoms with Crippen molar-refractivity contribution < 1.29 is 13.6 Å². The molecule has 2 aromatic rings. The average molecular weight is 444 g/mol. The summed E-state index contributed by atoms with van der Waals surface area (Å²) >= 11 is 0. The number of aliphatic imine (C=N–C) groups is 2. The first kappa shape index (κ1) is 22.1. The van der Waals surface area contributed by atoms with Gasteiger partial charge in [-0.25, -0.2) is 9.38 Å². The Balaban J connectivity index is 1.54. The molecule has 2 aliphatic rings. The van der Waals surface area contributed by atoms with Crippen LogP contribution in [0.3, 0.4) is 0 Å². The van der Waals surface area contributed by atoms with Crippen LogP contribution in [0.25, 0.3) is 0 Å². The molecule has 0 unspecified atom stereocenters. The maximum absolute atomic E-state index is 14.0. The molecule has 0 bridgehead atoms. The smallest absolute Gasteiger partial charge is 0.254 e. The molecule has 1 aromatic carbocycles. The van der Waals surface area contributed by atoms with Gasteiger partial charge in [0.15, 0.2) is 11.8 Å². The molecule has 1 aliphatic heterocycles. The van der Waals surface area contributed by atoms with Crippen LogP contribution in [-0.4, -0.2) is 46.5 Å². The number of halogens is 2. The molecule has 1 saturated carbocycles. The third-order valence-electron chi connectivity index (χ3n) is 6.27. The molecule has 2 heterocycles. The highest BCUT2D eigenvalue weighted by Crippen LogP contribution is 2.37. The van der Waals surface area contributed by atoms with Gasteiger partial charge in [0.25, 0.3) is 5.91 Å². The Morgan fingerprint density at radius 1 is 1.28 bits per heavy atom. The first-order valence-electron chi connectivity index (χ1n) is 10.8. The summed E-state index contributed by atoms with van der Waals surface area (Å²) in [6.45, 7) is 0.636. The highest BCUT2D eigenvalue weighted by molar-refractivity contribution is 6.04. The van der Waals surface area contributed by atoms with Gasteiger partial charge in [0.05, 0.1) is 17.6 Å². The monoisotopic (exact) mass is 443 g/mol. The summed E-state index contributed by atoms with van der Waals surface area (Å²) in [4.78, 5) is 20.2. The van der Waals surface area contributed by atoms with Gasteiger partial charge in [-0.05, 0) is 37.8 Å². The predicted octanol–water partition coefficient (Wildman–Crippen LogP) is 3.06. The zero-order chi connectivity index (χ0) is 22.7. The maximum Gasteiger partial charge on any atom is 0.254 e. The number of amides is 1. The van der Waals surface area contributed by atoms with Crippen LogP contribution in [0.5, 0.6) is 0 Å². The largest absolute Gasteiger partial charge is 0.380 e. The van der Waals surface area contributed by atoms with Crippen molar-refractivity contribution in [1.82, 2.24) is 9.78 Å². The molecule has 8 nitrogen and oxygen atoms in total. The van der Waals surface area contributed by atoms with E-state index in [9.17, 15) is 13.6 Å². The highest BCUT2D eigenvalue weighted by atomic mass is 19.1. The Labute approximate surface area is 184 Å². The van der Waals surface area contributed by atoms with Crippen molar-refractivity contribution >= 4 is 29.1 Å². The Hall–Kier alpha value is -3.14. The van der Waals surface area contributed by atoms with Crippen LogP contribution in [-0.2, 0) is 5.54 Å². The zero-order valence-corrected chi connectivity index (χ0v) is 17.7. The highest BCUT2D eigenvalue weighted by Gasteiger charge is 2.38.